The van der Waals surface area contributed by atoms with E-state index in [0.717, 1.165) is 16.0 Å². The highest BCUT2D eigenvalue weighted by molar-refractivity contribution is 6.08. The number of nitrogens with zero attached hydrogens (tertiary/aromatic N) is 1. The maximum atomic E-state index is 12.6. The molecule has 2 aromatic rings. The van der Waals surface area contributed by atoms with E-state index >= 15 is 0 Å². The van der Waals surface area contributed by atoms with Gasteiger partial charge in [-0.15, -0.1) is 0 Å². The first-order valence-electron chi connectivity index (χ1n) is 7.71. The van der Waals surface area contributed by atoms with E-state index in [-0.39, 0.29) is 11.3 Å². The molecule has 0 aliphatic heterocycles. The summed E-state index contributed by atoms with van der Waals surface area (Å²) in [4.78, 5) is 37.1. The van der Waals surface area contributed by atoms with Crippen molar-refractivity contribution < 1.29 is 24.7 Å². The summed E-state index contributed by atoms with van der Waals surface area (Å²) in [5.41, 5.74) is 3.21. The summed E-state index contributed by atoms with van der Waals surface area (Å²) in [5.74, 6) is -2.18. The molecule has 8 nitrogen and oxygen atoms in total. The molecule has 2 aromatic carbocycles. The first kappa shape index (κ1) is 18.9. The Morgan fingerprint density at radius 3 is 2.19 bits per heavy atom. The van der Waals surface area contributed by atoms with Gasteiger partial charge in [-0.1, -0.05) is 24.3 Å². The molecule has 26 heavy (non-hydrogen) atoms. The monoisotopic (exact) mass is 357 g/mol. The van der Waals surface area contributed by atoms with Crippen molar-refractivity contribution in [2.45, 2.75) is 6.04 Å². The van der Waals surface area contributed by atoms with Gasteiger partial charge in [0.05, 0.1) is 0 Å². The van der Waals surface area contributed by atoms with Gasteiger partial charge in [0.15, 0.2) is 6.04 Å². The molecule has 0 aliphatic carbocycles. The second kappa shape index (κ2) is 8.13. The highest BCUT2D eigenvalue weighted by Crippen LogP contribution is 2.23. The third-order valence-corrected chi connectivity index (χ3v) is 3.87. The SMILES string of the molecule is CNC(=O)C(C(=O)NO)N(C)C(=O)c1ccc(-c2cccc(O)c2)cc1. The number of benzene rings is 2. The quantitative estimate of drug-likeness (QED) is 0.358. The van der Waals surface area contributed by atoms with E-state index in [2.05, 4.69) is 5.32 Å². The molecule has 0 fully saturated rings. The van der Waals surface area contributed by atoms with Gasteiger partial charge < -0.3 is 15.3 Å². The summed E-state index contributed by atoms with van der Waals surface area (Å²) < 4.78 is 0. The lowest BCUT2D eigenvalue weighted by atomic mass is 10.0. The Hall–Kier alpha value is -3.39. The van der Waals surface area contributed by atoms with E-state index in [1.807, 2.05) is 6.07 Å². The van der Waals surface area contributed by atoms with E-state index in [1.54, 1.807) is 42.5 Å². The van der Waals surface area contributed by atoms with Gasteiger partial charge in [-0.2, -0.15) is 0 Å². The number of nitrogens with one attached hydrogen (secondary N) is 2. The molecule has 0 bridgehead atoms. The van der Waals surface area contributed by atoms with Crippen LogP contribution < -0.4 is 10.8 Å². The Kier molecular flexibility index (Phi) is 5.92. The molecule has 0 saturated heterocycles. The molecule has 0 heterocycles. The minimum atomic E-state index is -1.51. The minimum Gasteiger partial charge on any atom is -0.508 e. The lowest BCUT2D eigenvalue weighted by molar-refractivity contribution is -0.140. The number of hydrogen-bond acceptors (Lipinski definition) is 5. The average Bonchev–Trinajstić information content (AvgIpc) is 2.67. The Morgan fingerprint density at radius 2 is 1.65 bits per heavy atom. The molecule has 1 atom stereocenters. The van der Waals surface area contributed by atoms with Crippen molar-refractivity contribution in [1.82, 2.24) is 15.7 Å². The van der Waals surface area contributed by atoms with Gasteiger partial charge in [0, 0.05) is 19.7 Å². The Balaban J connectivity index is 2.25. The Bertz CT molecular complexity index is 804. The lowest BCUT2D eigenvalue weighted by Crippen LogP contribution is -2.54. The van der Waals surface area contributed by atoms with Gasteiger partial charge in [-0.3, -0.25) is 19.6 Å². The summed E-state index contributed by atoms with van der Waals surface area (Å²) in [6, 6.07) is 11.6. The summed E-state index contributed by atoms with van der Waals surface area (Å²) in [6.07, 6.45) is 0. The second-order valence-electron chi connectivity index (χ2n) is 5.54. The van der Waals surface area contributed by atoms with E-state index in [9.17, 15) is 19.5 Å². The van der Waals surface area contributed by atoms with Crippen LogP contribution in [0.5, 0.6) is 5.75 Å². The molecule has 0 aliphatic rings. The van der Waals surface area contributed by atoms with E-state index < -0.39 is 23.8 Å². The lowest BCUT2D eigenvalue weighted by Gasteiger charge is -2.25. The zero-order valence-electron chi connectivity index (χ0n) is 14.3. The number of hydrogen-bond donors (Lipinski definition) is 4. The van der Waals surface area contributed by atoms with Gasteiger partial charge in [0.2, 0.25) is 0 Å². The van der Waals surface area contributed by atoms with Crippen LogP contribution in [0.2, 0.25) is 0 Å². The minimum absolute atomic E-state index is 0.130. The number of aromatic hydroxyl groups is 1. The fourth-order valence-corrected chi connectivity index (χ4v) is 2.48. The zero-order chi connectivity index (χ0) is 19.3. The van der Waals surface area contributed by atoms with Crippen LogP contribution in [0.25, 0.3) is 11.1 Å². The number of phenolic OH excluding ortho intramolecular Hbond substituents is 1. The highest BCUT2D eigenvalue weighted by Gasteiger charge is 2.33. The first-order valence-corrected chi connectivity index (χ1v) is 7.71. The van der Waals surface area contributed by atoms with Crippen LogP contribution in [0, 0.1) is 0 Å². The molecule has 3 amide bonds. The van der Waals surface area contributed by atoms with Crippen LogP contribution in [0.1, 0.15) is 10.4 Å². The second-order valence-corrected chi connectivity index (χ2v) is 5.54. The highest BCUT2D eigenvalue weighted by atomic mass is 16.5. The molecule has 8 heteroatoms. The average molecular weight is 357 g/mol. The van der Waals surface area contributed by atoms with Gasteiger partial charge in [0.25, 0.3) is 17.7 Å². The van der Waals surface area contributed by atoms with Crippen molar-refractivity contribution in [3.8, 4) is 16.9 Å². The Morgan fingerprint density at radius 1 is 1.00 bits per heavy atom. The summed E-state index contributed by atoms with van der Waals surface area (Å²) in [5, 5.41) is 20.6. The Labute approximate surface area is 150 Å². The molecular weight excluding hydrogens is 338 g/mol. The third kappa shape index (κ3) is 3.98. The van der Waals surface area contributed by atoms with Gasteiger partial charge in [0.1, 0.15) is 5.75 Å². The van der Waals surface area contributed by atoms with Crippen molar-refractivity contribution in [3.05, 3.63) is 54.1 Å². The normalized spacial score (nSPS) is 11.3. The van der Waals surface area contributed by atoms with E-state index in [4.69, 9.17) is 5.21 Å². The maximum Gasteiger partial charge on any atom is 0.275 e. The molecule has 0 saturated carbocycles. The molecule has 4 N–H and O–H groups in total. The van der Waals surface area contributed by atoms with Crippen LogP contribution in [-0.2, 0) is 9.59 Å². The fraction of sp³-hybridized carbons (Fsp3) is 0.167. The van der Waals surface area contributed by atoms with Crippen LogP contribution in [0.15, 0.2) is 48.5 Å². The van der Waals surface area contributed by atoms with Gasteiger partial charge in [-0.25, -0.2) is 5.48 Å². The molecule has 136 valence electrons. The standard InChI is InChI=1S/C18H19N3O5/c1-19-16(23)15(17(24)20-26)21(2)18(25)12-8-6-11(7-9-12)13-4-3-5-14(22)10-13/h3-10,15,22,26H,1-2H3,(H,19,23)(H,20,24). The first-order chi connectivity index (χ1) is 12.4. The predicted molar refractivity (Wildman–Crippen MR) is 93.4 cm³/mol. The number of rotatable bonds is 5. The number of likely N-dealkylation sites (N-methyl/N-ethyl adjacent to an activating group) is 2. The smallest absolute Gasteiger partial charge is 0.275 e. The molecule has 0 aromatic heterocycles. The van der Waals surface area contributed by atoms with Gasteiger partial charge >= 0.3 is 0 Å². The number of phenols is 1. The molecule has 2 rings (SSSR count). The zero-order valence-corrected chi connectivity index (χ0v) is 14.3. The predicted octanol–water partition coefficient (Wildman–Crippen LogP) is 0.751. The summed E-state index contributed by atoms with van der Waals surface area (Å²) >= 11 is 0. The maximum absolute atomic E-state index is 12.6. The number of carbonyl (C=O) groups excluding carboxylic acids is 3. The molecule has 1 unspecified atom stereocenters. The van der Waals surface area contributed by atoms with E-state index in [0.29, 0.717) is 0 Å². The molecule has 0 radical (unpaired) electrons. The summed E-state index contributed by atoms with van der Waals surface area (Å²) in [7, 11) is 2.61. The molecular formula is C18H19N3O5. The number of carbonyl (C=O) groups is 3. The number of hydroxylamine groups is 1. The van der Waals surface area contributed by atoms with Crippen LogP contribution >= 0.6 is 0 Å². The summed E-state index contributed by atoms with van der Waals surface area (Å²) in [6.45, 7) is 0. The van der Waals surface area contributed by atoms with Crippen molar-refractivity contribution in [1.29, 1.82) is 0 Å². The third-order valence-electron chi connectivity index (χ3n) is 3.87. The fourth-order valence-electron chi connectivity index (χ4n) is 2.48. The van der Waals surface area contributed by atoms with Crippen molar-refractivity contribution in [2.75, 3.05) is 14.1 Å². The molecule has 0 spiro atoms. The number of amides is 3. The topological polar surface area (TPSA) is 119 Å². The van der Waals surface area contributed by atoms with Crippen molar-refractivity contribution in [3.63, 3.8) is 0 Å². The van der Waals surface area contributed by atoms with Crippen LogP contribution in [0.4, 0.5) is 0 Å². The van der Waals surface area contributed by atoms with Crippen molar-refractivity contribution in [2.24, 2.45) is 0 Å². The van der Waals surface area contributed by atoms with Gasteiger partial charge in [-0.05, 0) is 35.4 Å². The van der Waals surface area contributed by atoms with Crippen LogP contribution in [0.3, 0.4) is 0 Å². The largest absolute Gasteiger partial charge is 0.508 e. The van der Waals surface area contributed by atoms with E-state index in [1.165, 1.54) is 19.6 Å². The van der Waals surface area contributed by atoms with Crippen molar-refractivity contribution >= 4 is 17.7 Å². The van der Waals surface area contributed by atoms with Crippen LogP contribution in [-0.4, -0.2) is 53.1 Å².